The zero-order valence-corrected chi connectivity index (χ0v) is 14.2. The van der Waals surface area contributed by atoms with Gasteiger partial charge in [0.1, 0.15) is 18.3 Å². The van der Waals surface area contributed by atoms with Gasteiger partial charge in [-0.05, 0) is 32.0 Å². The third kappa shape index (κ3) is 4.24. The van der Waals surface area contributed by atoms with Crippen LogP contribution >= 0.6 is 0 Å². The Morgan fingerprint density at radius 1 is 1.29 bits per heavy atom. The van der Waals surface area contributed by atoms with E-state index in [1.807, 2.05) is 30.3 Å². The predicted octanol–water partition coefficient (Wildman–Crippen LogP) is 2.32. The van der Waals surface area contributed by atoms with E-state index in [9.17, 15) is 5.11 Å². The van der Waals surface area contributed by atoms with Crippen LogP contribution in [0, 0.1) is 0 Å². The molecule has 2 N–H and O–H groups in total. The molecule has 2 heterocycles. The van der Waals surface area contributed by atoms with E-state index in [4.69, 9.17) is 9.47 Å². The number of para-hydroxylation sites is 1. The van der Waals surface area contributed by atoms with Crippen LogP contribution in [0.15, 0.2) is 42.6 Å². The minimum absolute atomic E-state index is 0.204. The molecule has 0 bridgehead atoms. The molecule has 0 saturated heterocycles. The lowest BCUT2D eigenvalue weighted by Crippen LogP contribution is -2.31. The van der Waals surface area contributed by atoms with Gasteiger partial charge in [-0.1, -0.05) is 18.2 Å². The lowest BCUT2D eigenvalue weighted by Gasteiger charge is -2.19. The summed E-state index contributed by atoms with van der Waals surface area (Å²) in [5.74, 6) is 1.50. The first kappa shape index (κ1) is 16.7. The van der Waals surface area contributed by atoms with Gasteiger partial charge in [0.25, 0.3) is 0 Å². The van der Waals surface area contributed by atoms with Gasteiger partial charge in [-0.25, -0.2) is 0 Å². The molecule has 2 aromatic rings. The molecule has 0 fully saturated rings. The van der Waals surface area contributed by atoms with E-state index in [1.165, 1.54) is 0 Å². The molecule has 1 atom stereocenters. The molecular formula is C19H24N2O3. The Hall–Kier alpha value is -2.11. The molecule has 0 spiro atoms. The lowest BCUT2D eigenvalue weighted by molar-refractivity contribution is 0.0970. The number of rotatable bonds is 7. The van der Waals surface area contributed by atoms with E-state index in [0.717, 1.165) is 23.4 Å². The Labute approximate surface area is 142 Å². The summed E-state index contributed by atoms with van der Waals surface area (Å²) in [7, 11) is 0. The first-order chi connectivity index (χ1) is 11.5. The highest BCUT2D eigenvalue weighted by molar-refractivity contribution is 5.50. The minimum atomic E-state index is -0.598. The van der Waals surface area contributed by atoms with E-state index in [1.54, 1.807) is 6.20 Å². The zero-order chi connectivity index (χ0) is 17.0. The SMILES string of the molecule is CC1(C)Cc2cccc(OC[C@@H](O)CNCc3ccccn3)c2O1. The van der Waals surface area contributed by atoms with E-state index in [0.29, 0.717) is 18.8 Å². The monoisotopic (exact) mass is 328 g/mol. The van der Waals surface area contributed by atoms with Crippen LogP contribution in [0.3, 0.4) is 0 Å². The van der Waals surface area contributed by atoms with Gasteiger partial charge < -0.3 is 19.9 Å². The third-order valence-electron chi connectivity index (χ3n) is 3.90. The number of hydrogen-bond acceptors (Lipinski definition) is 5. The fourth-order valence-electron chi connectivity index (χ4n) is 2.82. The topological polar surface area (TPSA) is 63.6 Å². The fraction of sp³-hybridized carbons (Fsp3) is 0.421. The summed E-state index contributed by atoms with van der Waals surface area (Å²) in [5, 5.41) is 13.3. The second kappa shape index (κ2) is 7.20. The van der Waals surface area contributed by atoms with Crippen LogP contribution in [0.1, 0.15) is 25.1 Å². The van der Waals surface area contributed by atoms with Gasteiger partial charge in [-0.3, -0.25) is 4.98 Å². The van der Waals surface area contributed by atoms with Crippen LogP contribution in [0.2, 0.25) is 0 Å². The van der Waals surface area contributed by atoms with Crippen molar-refractivity contribution in [2.45, 2.75) is 38.5 Å². The van der Waals surface area contributed by atoms with E-state index in [-0.39, 0.29) is 12.2 Å². The smallest absolute Gasteiger partial charge is 0.165 e. The molecule has 1 aliphatic heterocycles. The molecule has 0 aliphatic carbocycles. The van der Waals surface area contributed by atoms with Crippen molar-refractivity contribution in [3.05, 3.63) is 53.9 Å². The Balaban J connectivity index is 1.47. The molecule has 128 valence electrons. The number of nitrogens with zero attached hydrogens (tertiary/aromatic N) is 1. The zero-order valence-electron chi connectivity index (χ0n) is 14.2. The molecule has 1 aromatic carbocycles. The van der Waals surface area contributed by atoms with Gasteiger partial charge >= 0.3 is 0 Å². The highest BCUT2D eigenvalue weighted by atomic mass is 16.5. The van der Waals surface area contributed by atoms with E-state index >= 15 is 0 Å². The molecule has 0 amide bonds. The standard InChI is InChI=1S/C19H24N2O3/c1-19(2)10-14-6-5-8-17(18(14)24-19)23-13-16(22)12-20-11-15-7-3-4-9-21-15/h3-9,16,20,22H,10-13H2,1-2H3/t16-/m0/s1. The summed E-state index contributed by atoms with van der Waals surface area (Å²) in [5.41, 5.74) is 1.90. The average molecular weight is 328 g/mol. The average Bonchev–Trinajstić information content (AvgIpc) is 2.88. The summed E-state index contributed by atoms with van der Waals surface area (Å²) in [4.78, 5) is 4.23. The highest BCUT2D eigenvalue weighted by Gasteiger charge is 2.32. The number of pyridine rings is 1. The molecule has 24 heavy (non-hydrogen) atoms. The summed E-state index contributed by atoms with van der Waals surface area (Å²) in [6.45, 7) is 5.41. The van der Waals surface area contributed by atoms with Crippen LogP contribution in [0.4, 0.5) is 0 Å². The number of ether oxygens (including phenoxy) is 2. The number of aliphatic hydroxyl groups excluding tert-OH is 1. The van der Waals surface area contributed by atoms with Crippen molar-refractivity contribution < 1.29 is 14.6 Å². The summed E-state index contributed by atoms with van der Waals surface area (Å²) < 4.78 is 11.7. The number of aromatic nitrogens is 1. The Morgan fingerprint density at radius 3 is 2.96 bits per heavy atom. The highest BCUT2D eigenvalue weighted by Crippen LogP contribution is 2.41. The van der Waals surface area contributed by atoms with Crippen molar-refractivity contribution >= 4 is 0 Å². The Bertz CT molecular complexity index is 674. The van der Waals surface area contributed by atoms with Gasteiger partial charge in [0.05, 0.1) is 5.69 Å². The predicted molar refractivity (Wildman–Crippen MR) is 92.3 cm³/mol. The largest absolute Gasteiger partial charge is 0.487 e. The second-order valence-electron chi connectivity index (χ2n) is 6.70. The van der Waals surface area contributed by atoms with Crippen LogP contribution in [-0.4, -0.2) is 34.9 Å². The Kier molecular flexibility index (Phi) is 5.02. The summed E-state index contributed by atoms with van der Waals surface area (Å²) in [6, 6.07) is 11.7. The maximum Gasteiger partial charge on any atom is 0.165 e. The van der Waals surface area contributed by atoms with Gasteiger partial charge in [0.2, 0.25) is 0 Å². The van der Waals surface area contributed by atoms with Crippen LogP contribution in [0.25, 0.3) is 0 Å². The molecule has 0 unspecified atom stereocenters. The molecule has 0 saturated carbocycles. The fourth-order valence-corrected chi connectivity index (χ4v) is 2.82. The molecule has 5 heteroatoms. The molecule has 0 radical (unpaired) electrons. The van der Waals surface area contributed by atoms with Crippen LogP contribution < -0.4 is 14.8 Å². The molecule has 1 aromatic heterocycles. The number of hydrogen-bond donors (Lipinski definition) is 2. The van der Waals surface area contributed by atoms with Crippen molar-refractivity contribution in [3.8, 4) is 11.5 Å². The lowest BCUT2D eigenvalue weighted by atomic mass is 10.0. The molecule has 1 aliphatic rings. The third-order valence-corrected chi connectivity index (χ3v) is 3.90. The van der Waals surface area contributed by atoms with Gasteiger partial charge in [0, 0.05) is 31.3 Å². The van der Waals surface area contributed by atoms with Crippen molar-refractivity contribution in [3.63, 3.8) is 0 Å². The molecule has 5 nitrogen and oxygen atoms in total. The van der Waals surface area contributed by atoms with Crippen LogP contribution in [0.5, 0.6) is 11.5 Å². The van der Waals surface area contributed by atoms with Crippen molar-refractivity contribution in [2.75, 3.05) is 13.2 Å². The van der Waals surface area contributed by atoms with Gasteiger partial charge in [-0.15, -0.1) is 0 Å². The van der Waals surface area contributed by atoms with E-state index in [2.05, 4.69) is 30.2 Å². The maximum atomic E-state index is 10.1. The van der Waals surface area contributed by atoms with Gasteiger partial charge in [-0.2, -0.15) is 0 Å². The summed E-state index contributed by atoms with van der Waals surface area (Å²) in [6.07, 6.45) is 2.03. The van der Waals surface area contributed by atoms with Crippen molar-refractivity contribution in [1.29, 1.82) is 0 Å². The maximum absolute atomic E-state index is 10.1. The first-order valence-corrected chi connectivity index (χ1v) is 8.26. The number of nitrogens with one attached hydrogen (secondary N) is 1. The van der Waals surface area contributed by atoms with Crippen molar-refractivity contribution in [1.82, 2.24) is 10.3 Å². The first-order valence-electron chi connectivity index (χ1n) is 8.26. The van der Waals surface area contributed by atoms with Crippen LogP contribution in [-0.2, 0) is 13.0 Å². The number of fused-ring (bicyclic) bond motifs is 1. The van der Waals surface area contributed by atoms with Gasteiger partial charge in [0.15, 0.2) is 11.5 Å². The normalized spacial score (nSPS) is 16.3. The molecule has 3 rings (SSSR count). The summed E-state index contributed by atoms with van der Waals surface area (Å²) >= 11 is 0. The number of benzene rings is 1. The minimum Gasteiger partial charge on any atom is -0.487 e. The molecular weight excluding hydrogens is 304 g/mol. The second-order valence-corrected chi connectivity index (χ2v) is 6.70. The van der Waals surface area contributed by atoms with E-state index < -0.39 is 6.10 Å². The Morgan fingerprint density at radius 2 is 2.17 bits per heavy atom. The quantitative estimate of drug-likeness (QED) is 0.817. The van der Waals surface area contributed by atoms with Crippen molar-refractivity contribution in [2.24, 2.45) is 0 Å². The number of aliphatic hydroxyl groups is 1.